The molecule has 8 nitrogen and oxygen atoms in total. The minimum atomic E-state index is -3.82. The largest absolute Gasteiger partial charge is 0.353 e. The lowest BCUT2D eigenvalue weighted by Gasteiger charge is -2.36. The molecule has 1 N–H and O–H groups in total. The SMILES string of the molecule is N#Cc1ccc(S(=O)(=O)Nc2cnc(N3CCN(c4ccccn4)CC3)c(Cl)c2)cc1. The van der Waals surface area contributed by atoms with Gasteiger partial charge in [-0.3, -0.25) is 4.72 Å². The van der Waals surface area contributed by atoms with Crippen LogP contribution >= 0.6 is 11.6 Å². The van der Waals surface area contributed by atoms with Gasteiger partial charge in [-0.15, -0.1) is 0 Å². The maximum Gasteiger partial charge on any atom is 0.261 e. The summed E-state index contributed by atoms with van der Waals surface area (Å²) in [4.78, 5) is 13.1. The minimum absolute atomic E-state index is 0.0531. The summed E-state index contributed by atoms with van der Waals surface area (Å²) in [5.74, 6) is 1.55. The van der Waals surface area contributed by atoms with E-state index in [-0.39, 0.29) is 10.6 Å². The Kier molecular flexibility index (Phi) is 5.93. The molecule has 0 aliphatic carbocycles. The van der Waals surface area contributed by atoms with Crippen molar-refractivity contribution in [2.24, 2.45) is 0 Å². The van der Waals surface area contributed by atoms with Crippen molar-refractivity contribution < 1.29 is 8.42 Å². The molecule has 3 heterocycles. The monoisotopic (exact) mass is 454 g/mol. The maximum atomic E-state index is 12.6. The fraction of sp³-hybridized carbons (Fsp3) is 0.190. The molecule has 0 saturated carbocycles. The van der Waals surface area contributed by atoms with Crippen molar-refractivity contribution in [2.45, 2.75) is 4.90 Å². The first-order chi connectivity index (χ1) is 15.0. The number of nitrogens with zero attached hydrogens (tertiary/aromatic N) is 5. The molecule has 31 heavy (non-hydrogen) atoms. The Morgan fingerprint density at radius 2 is 1.71 bits per heavy atom. The van der Waals surface area contributed by atoms with Crippen LogP contribution in [0.2, 0.25) is 5.02 Å². The summed E-state index contributed by atoms with van der Waals surface area (Å²) >= 11 is 6.43. The van der Waals surface area contributed by atoms with Crippen molar-refractivity contribution in [1.82, 2.24) is 9.97 Å². The Bertz CT molecular complexity index is 1200. The van der Waals surface area contributed by atoms with E-state index in [1.807, 2.05) is 24.3 Å². The predicted molar refractivity (Wildman–Crippen MR) is 120 cm³/mol. The number of hydrogen-bond acceptors (Lipinski definition) is 7. The number of hydrogen-bond donors (Lipinski definition) is 1. The van der Waals surface area contributed by atoms with E-state index in [0.29, 0.717) is 16.4 Å². The molecule has 0 radical (unpaired) electrons. The zero-order valence-electron chi connectivity index (χ0n) is 16.4. The predicted octanol–water partition coefficient (Wildman–Crippen LogP) is 3.13. The molecule has 3 aromatic rings. The Labute approximate surface area is 185 Å². The van der Waals surface area contributed by atoms with Crippen LogP contribution in [0.15, 0.2) is 65.8 Å². The van der Waals surface area contributed by atoms with Gasteiger partial charge in [0.2, 0.25) is 0 Å². The van der Waals surface area contributed by atoms with Crippen LogP contribution in [0.3, 0.4) is 0 Å². The first kappa shape index (κ1) is 20.9. The van der Waals surface area contributed by atoms with Gasteiger partial charge in [0.25, 0.3) is 10.0 Å². The van der Waals surface area contributed by atoms with Crippen LogP contribution in [0, 0.1) is 11.3 Å². The Balaban J connectivity index is 1.44. The molecular formula is C21H19ClN6O2S. The van der Waals surface area contributed by atoms with Crippen LogP contribution in [0.25, 0.3) is 0 Å². The van der Waals surface area contributed by atoms with Gasteiger partial charge in [-0.05, 0) is 42.5 Å². The lowest BCUT2D eigenvalue weighted by molar-refractivity contribution is 0.601. The summed E-state index contributed by atoms with van der Waals surface area (Å²) in [5, 5.41) is 9.22. The van der Waals surface area contributed by atoms with Gasteiger partial charge in [0.05, 0.1) is 33.4 Å². The number of sulfonamides is 1. The number of aromatic nitrogens is 2. The highest BCUT2D eigenvalue weighted by Crippen LogP contribution is 2.28. The molecular weight excluding hydrogens is 436 g/mol. The average Bonchev–Trinajstić information content (AvgIpc) is 2.80. The zero-order valence-corrected chi connectivity index (χ0v) is 18.0. The van der Waals surface area contributed by atoms with E-state index in [4.69, 9.17) is 16.9 Å². The average molecular weight is 455 g/mol. The summed E-state index contributed by atoms with van der Waals surface area (Å²) in [7, 11) is -3.82. The van der Waals surface area contributed by atoms with E-state index in [1.54, 1.807) is 12.3 Å². The molecule has 0 bridgehead atoms. The lowest BCUT2D eigenvalue weighted by Crippen LogP contribution is -2.47. The molecule has 1 aromatic carbocycles. The van der Waals surface area contributed by atoms with E-state index in [9.17, 15) is 8.42 Å². The second-order valence-electron chi connectivity index (χ2n) is 6.93. The fourth-order valence-electron chi connectivity index (χ4n) is 3.33. The van der Waals surface area contributed by atoms with E-state index in [1.165, 1.54) is 30.5 Å². The van der Waals surface area contributed by atoms with Gasteiger partial charge in [0, 0.05) is 32.4 Å². The van der Waals surface area contributed by atoms with Gasteiger partial charge in [-0.2, -0.15) is 5.26 Å². The van der Waals surface area contributed by atoms with Crippen molar-refractivity contribution in [2.75, 3.05) is 40.7 Å². The molecule has 2 aromatic heterocycles. The van der Waals surface area contributed by atoms with Crippen molar-refractivity contribution >= 4 is 38.9 Å². The normalized spacial score (nSPS) is 14.2. The standard InChI is InChI=1S/C21H19ClN6O2S/c22-19-13-17(26-31(29,30)18-6-4-16(14-23)5-7-18)15-25-21(19)28-11-9-27(10-12-28)20-3-1-2-8-24-20/h1-8,13,15,26H,9-12H2. The van der Waals surface area contributed by atoms with Gasteiger partial charge >= 0.3 is 0 Å². The minimum Gasteiger partial charge on any atom is -0.353 e. The Morgan fingerprint density at radius 3 is 2.32 bits per heavy atom. The maximum absolute atomic E-state index is 12.6. The van der Waals surface area contributed by atoms with Crippen LogP contribution in [0.1, 0.15) is 5.56 Å². The van der Waals surface area contributed by atoms with Crippen molar-refractivity contribution in [3.8, 4) is 6.07 Å². The first-order valence-corrected chi connectivity index (χ1v) is 11.4. The summed E-state index contributed by atoms with van der Waals surface area (Å²) in [6, 6.07) is 15.0. The van der Waals surface area contributed by atoms with Crippen LogP contribution in [-0.2, 0) is 10.0 Å². The summed E-state index contributed by atoms with van der Waals surface area (Å²) in [6.07, 6.45) is 3.23. The smallest absolute Gasteiger partial charge is 0.261 e. The van der Waals surface area contributed by atoms with E-state index in [2.05, 4.69) is 24.5 Å². The number of halogens is 1. The number of piperazine rings is 1. The van der Waals surface area contributed by atoms with Crippen molar-refractivity contribution in [3.63, 3.8) is 0 Å². The molecule has 0 atom stereocenters. The number of anilines is 3. The van der Waals surface area contributed by atoms with Crippen LogP contribution in [0.5, 0.6) is 0 Å². The van der Waals surface area contributed by atoms with Crippen LogP contribution in [-0.4, -0.2) is 44.6 Å². The Morgan fingerprint density at radius 1 is 1.00 bits per heavy atom. The summed E-state index contributed by atoms with van der Waals surface area (Å²) in [6.45, 7) is 3.00. The highest BCUT2D eigenvalue weighted by Gasteiger charge is 2.22. The highest BCUT2D eigenvalue weighted by molar-refractivity contribution is 7.92. The zero-order chi connectivity index (χ0) is 21.8. The van der Waals surface area contributed by atoms with Gasteiger partial charge in [0.15, 0.2) is 0 Å². The van der Waals surface area contributed by atoms with E-state index in [0.717, 1.165) is 32.0 Å². The first-order valence-electron chi connectivity index (χ1n) is 9.56. The molecule has 0 unspecified atom stereocenters. The van der Waals surface area contributed by atoms with Crippen LogP contribution in [0.4, 0.5) is 17.3 Å². The van der Waals surface area contributed by atoms with E-state index >= 15 is 0 Å². The second kappa shape index (κ2) is 8.79. The molecule has 1 aliphatic rings. The highest BCUT2D eigenvalue weighted by atomic mass is 35.5. The van der Waals surface area contributed by atoms with Gasteiger partial charge in [-0.25, -0.2) is 18.4 Å². The number of benzene rings is 1. The molecule has 10 heteroatoms. The number of nitriles is 1. The molecule has 0 amide bonds. The number of pyridine rings is 2. The number of nitrogens with one attached hydrogen (secondary N) is 1. The molecule has 1 aliphatic heterocycles. The Hall–Kier alpha value is -3.35. The topological polar surface area (TPSA) is 102 Å². The third-order valence-electron chi connectivity index (χ3n) is 4.92. The lowest BCUT2D eigenvalue weighted by atomic mass is 10.2. The van der Waals surface area contributed by atoms with Gasteiger partial charge in [0.1, 0.15) is 11.6 Å². The van der Waals surface area contributed by atoms with Crippen molar-refractivity contribution in [1.29, 1.82) is 5.26 Å². The summed E-state index contributed by atoms with van der Waals surface area (Å²) < 4.78 is 27.6. The number of rotatable bonds is 5. The molecule has 1 saturated heterocycles. The third kappa shape index (κ3) is 4.71. The quantitative estimate of drug-likeness (QED) is 0.631. The molecule has 158 valence electrons. The van der Waals surface area contributed by atoms with Crippen LogP contribution < -0.4 is 14.5 Å². The molecule has 0 spiro atoms. The van der Waals surface area contributed by atoms with E-state index < -0.39 is 10.0 Å². The fourth-order valence-corrected chi connectivity index (χ4v) is 4.65. The van der Waals surface area contributed by atoms with Gasteiger partial charge < -0.3 is 9.80 Å². The molecule has 4 rings (SSSR count). The van der Waals surface area contributed by atoms with Crippen molar-refractivity contribution in [3.05, 3.63) is 71.5 Å². The van der Waals surface area contributed by atoms with Gasteiger partial charge in [-0.1, -0.05) is 17.7 Å². The third-order valence-corrected chi connectivity index (χ3v) is 6.60. The summed E-state index contributed by atoms with van der Waals surface area (Å²) in [5.41, 5.74) is 0.654. The second-order valence-corrected chi connectivity index (χ2v) is 9.02. The molecule has 1 fully saturated rings.